The van der Waals surface area contributed by atoms with Gasteiger partial charge in [-0.2, -0.15) is 0 Å². The molecule has 0 saturated heterocycles. The summed E-state index contributed by atoms with van der Waals surface area (Å²) in [6.07, 6.45) is 1.35. The molecular weight excluding hydrogens is 343 g/mol. The third-order valence-corrected chi connectivity index (χ3v) is 4.40. The van der Waals surface area contributed by atoms with E-state index in [2.05, 4.69) is 0 Å². The van der Waals surface area contributed by atoms with Crippen LogP contribution in [0.15, 0.2) is 66.7 Å². The van der Waals surface area contributed by atoms with Crippen LogP contribution in [-0.4, -0.2) is 11.8 Å². The molecule has 0 heterocycles. The van der Waals surface area contributed by atoms with Gasteiger partial charge in [-0.25, -0.2) is 4.39 Å². The Hall–Kier alpha value is -3.47. The molecule has 0 unspecified atom stereocenters. The molecule has 0 aromatic heterocycles. The molecule has 136 valence electrons. The number of halogens is 1. The molecule has 3 rings (SSSR count). The summed E-state index contributed by atoms with van der Waals surface area (Å²) in [7, 11) is 0. The van der Waals surface area contributed by atoms with Crippen LogP contribution < -0.4 is 11.5 Å². The number of carbonyl (C=O) groups excluding carboxylic acids is 2. The van der Waals surface area contributed by atoms with Crippen molar-refractivity contribution in [1.82, 2.24) is 0 Å². The van der Waals surface area contributed by atoms with Crippen LogP contribution in [0.5, 0.6) is 0 Å². The maximum atomic E-state index is 13.3. The minimum atomic E-state index is -0.627. The third kappa shape index (κ3) is 4.20. The number of primary amides is 2. The van der Waals surface area contributed by atoms with E-state index in [-0.39, 0.29) is 16.9 Å². The quantitative estimate of drug-likeness (QED) is 0.703. The lowest BCUT2D eigenvalue weighted by Crippen LogP contribution is -2.18. The van der Waals surface area contributed by atoms with Crippen LogP contribution in [0, 0.1) is 5.82 Å². The monoisotopic (exact) mass is 362 g/mol. The molecule has 3 aromatic carbocycles. The summed E-state index contributed by atoms with van der Waals surface area (Å²) < 4.78 is 13.3. The van der Waals surface area contributed by atoms with E-state index >= 15 is 0 Å². The highest BCUT2D eigenvalue weighted by atomic mass is 19.1. The minimum Gasteiger partial charge on any atom is -0.366 e. The summed E-state index contributed by atoms with van der Waals surface area (Å²) in [5.74, 6) is -1.51. The molecule has 4 N–H and O–H groups in total. The first-order valence-electron chi connectivity index (χ1n) is 8.52. The zero-order valence-electron chi connectivity index (χ0n) is 14.6. The fourth-order valence-corrected chi connectivity index (χ4v) is 3.14. The summed E-state index contributed by atoms with van der Waals surface area (Å²) >= 11 is 0. The van der Waals surface area contributed by atoms with Crippen molar-refractivity contribution in [2.75, 3.05) is 0 Å². The summed E-state index contributed by atoms with van der Waals surface area (Å²) in [5.41, 5.74) is 14.5. The number of hydrogen-bond acceptors (Lipinski definition) is 2. The van der Waals surface area contributed by atoms with E-state index in [4.69, 9.17) is 11.5 Å². The van der Waals surface area contributed by atoms with Gasteiger partial charge in [-0.3, -0.25) is 9.59 Å². The Morgan fingerprint density at radius 3 is 1.81 bits per heavy atom. The predicted molar refractivity (Wildman–Crippen MR) is 103 cm³/mol. The van der Waals surface area contributed by atoms with Gasteiger partial charge in [0.15, 0.2) is 0 Å². The SMILES string of the molecule is NC(=O)c1cccc(C(N)=O)c1-c1cccc(CCc2cccc(F)c2)c1. The lowest BCUT2D eigenvalue weighted by Gasteiger charge is -2.13. The minimum absolute atomic E-state index is 0.244. The van der Waals surface area contributed by atoms with Crippen LogP contribution >= 0.6 is 0 Å². The average molecular weight is 362 g/mol. The largest absolute Gasteiger partial charge is 0.366 e. The highest BCUT2D eigenvalue weighted by Crippen LogP contribution is 2.29. The van der Waals surface area contributed by atoms with Gasteiger partial charge in [-0.1, -0.05) is 42.5 Å². The fraction of sp³-hybridized carbons (Fsp3) is 0.0909. The number of carbonyl (C=O) groups is 2. The van der Waals surface area contributed by atoms with E-state index in [1.54, 1.807) is 30.3 Å². The van der Waals surface area contributed by atoms with Gasteiger partial charge in [0.05, 0.1) is 0 Å². The van der Waals surface area contributed by atoms with Crippen molar-refractivity contribution in [1.29, 1.82) is 0 Å². The maximum absolute atomic E-state index is 13.3. The number of nitrogens with two attached hydrogens (primary N) is 2. The lowest BCUT2D eigenvalue weighted by atomic mass is 9.91. The topological polar surface area (TPSA) is 86.2 Å². The Morgan fingerprint density at radius 1 is 0.741 bits per heavy atom. The highest BCUT2D eigenvalue weighted by Gasteiger charge is 2.17. The molecule has 0 radical (unpaired) electrons. The Kier molecular flexibility index (Phi) is 5.31. The Balaban J connectivity index is 1.96. The molecule has 0 aliphatic heterocycles. The fourth-order valence-electron chi connectivity index (χ4n) is 3.14. The van der Waals surface area contributed by atoms with Gasteiger partial charge in [0.1, 0.15) is 5.82 Å². The first kappa shape index (κ1) is 18.3. The first-order chi connectivity index (χ1) is 13.0. The van der Waals surface area contributed by atoms with Crippen molar-refractivity contribution in [3.05, 3.63) is 94.8 Å². The van der Waals surface area contributed by atoms with E-state index in [1.807, 2.05) is 24.3 Å². The van der Waals surface area contributed by atoms with E-state index in [0.29, 0.717) is 24.0 Å². The van der Waals surface area contributed by atoms with Crippen LogP contribution in [-0.2, 0) is 12.8 Å². The molecule has 0 spiro atoms. The van der Waals surface area contributed by atoms with Crippen LogP contribution in [0.25, 0.3) is 11.1 Å². The molecule has 0 bridgehead atoms. The molecule has 0 atom stereocenters. The number of rotatable bonds is 6. The summed E-state index contributed by atoms with van der Waals surface area (Å²) in [6, 6.07) is 18.7. The third-order valence-electron chi connectivity index (χ3n) is 4.40. The second kappa shape index (κ2) is 7.83. The number of aryl methyl sites for hydroxylation is 2. The van der Waals surface area contributed by atoms with Gasteiger partial charge < -0.3 is 11.5 Å². The summed E-state index contributed by atoms with van der Waals surface area (Å²) in [5, 5.41) is 0. The Morgan fingerprint density at radius 2 is 1.26 bits per heavy atom. The van der Waals surface area contributed by atoms with Gasteiger partial charge in [0.25, 0.3) is 0 Å². The molecule has 27 heavy (non-hydrogen) atoms. The predicted octanol–water partition coefficient (Wildman–Crippen LogP) is 3.48. The number of benzene rings is 3. The number of hydrogen-bond donors (Lipinski definition) is 2. The smallest absolute Gasteiger partial charge is 0.249 e. The molecule has 3 aromatic rings. The zero-order chi connectivity index (χ0) is 19.4. The number of amides is 2. The van der Waals surface area contributed by atoms with E-state index in [9.17, 15) is 14.0 Å². The van der Waals surface area contributed by atoms with Gasteiger partial charge in [-0.15, -0.1) is 0 Å². The van der Waals surface area contributed by atoms with Gasteiger partial charge in [-0.05, 0) is 53.8 Å². The molecule has 0 aliphatic rings. The van der Waals surface area contributed by atoms with Gasteiger partial charge in [0, 0.05) is 16.7 Å². The molecule has 5 heteroatoms. The van der Waals surface area contributed by atoms with Crippen molar-refractivity contribution in [3.8, 4) is 11.1 Å². The molecule has 0 aliphatic carbocycles. The first-order valence-corrected chi connectivity index (χ1v) is 8.52. The van der Waals surface area contributed by atoms with E-state index in [0.717, 1.165) is 11.1 Å². The molecule has 4 nitrogen and oxygen atoms in total. The summed E-state index contributed by atoms with van der Waals surface area (Å²) in [6.45, 7) is 0. The molecular formula is C22H19FN2O2. The van der Waals surface area contributed by atoms with Crippen molar-refractivity contribution in [3.63, 3.8) is 0 Å². The van der Waals surface area contributed by atoms with Crippen LogP contribution in [0.1, 0.15) is 31.8 Å². The van der Waals surface area contributed by atoms with Crippen molar-refractivity contribution in [2.45, 2.75) is 12.8 Å². The molecule has 0 saturated carbocycles. The van der Waals surface area contributed by atoms with Crippen LogP contribution in [0.4, 0.5) is 4.39 Å². The Bertz CT molecular complexity index is 982. The maximum Gasteiger partial charge on any atom is 0.249 e. The van der Waals surface area contributed by atoms with E-state index < -0.39 is 11.8 Å². The van der Waals surface area contributed by atoms with Gasteiger partial charge in [0.2, 0.25) is 11.8 Å². The summed E-state index contributed by atoms with van der Waals surface area (Å²) in [4.78, 5) is 23.7. The van der Waals surface area contributed by atoms with Crippen LogP contribution in [0.2, 0.25) is 0 Å². The highest BCUT2D eigenvalue weighted by molar-refractivity contribution is 6.08. The Labute approximate surface area is 156 Å². The van der Waals surface area contributed by atoms with Crippen LogP contribution in [0.3, 0.4) is 0 Å². The molecule has 0 fully saturated rings. The molecule has 2 amide bonds. The zero-order valence-corrected chi connectivity index (χ0v) is 14.6. The standard InChI is InChI=1S/C22H19FN2O2/c23-17-7-2-5-15(13-17)11-10-14-4-1-6-16(12-14)20-18(21(24)26)8-3-9-19(20)22(25)27/h1-9,12-13H,10-11H2,(H2,24,26)(H2,25,27). The van der Waals surface area contributed by atoms with Crippen molar-refractivity contribution < 1.29 is 14.0 Å². The van der Waals surface area contributed by atoms with E-state index in [1.165, 1.54) is 12.1 Å². The van der Waals surface area contributed by atoms with Crippen molar-refractivity contribution in [2.24, 2.45) is 11.5 Å². The van der Waals surface area contributed by atoms with Crippen molar-refractivity contribution >= 4 is 11.8 Å². The second-order valence-electron chi connectivity index (χ2n) is 6.29. The average Bonchev–Trinajstić information content (AvgIpc) is 2.66. The normalized spacial score (nSPS) is 10.6. The lowest BCUT2D eigenvalue weighted by molar-refractivity contribution is 0.0999. The van der Waals surface area contributed by atoms with Gasteiger partial charge >= 0.3 is 0 Å². The second-order valence-corrected chi connectivity index (χ2v) is 6.29.